The van der Waals surface area contributed by atoms with E-state index in [1.165, 1.54) is 0 Å². The lowest BCUT2D eigenvalue weighted by Gasteiger charge is -2.38. The number of likely N-dealkylation sites (tertiary alicyclic amines) is 1. The summed E-state index contributed by atoms with van der Waals surface area (Å²) in [5.74, 6) is -0.923. The van der Waals surface area contributed by atoms with Crippen molar-refractivity contribution in [2.45, 2.75) is 6.42 Å². The number of aliphatic carboxylic acids is 1. The van der Waals surface area contributed by atoms with E-state index in [9.17, 15) is 9.59 Å². The van der Waals surface area contributed by atoms with Crippen molar-refractivity contribution in [1.82, 2.24) is 4.90 Å². The first-order valence-corrected chi connectivity index (χ1v) is 6.61. The van der Waals surface area contributed by atoms with E-state index >= 15 is 0 Å². The highest BCUT2D eigenvalue weighted by Crippen LogP contribution is 2.29. The van der Waals surface area contributed by atoms with Gasteiger partial charge in [-0.2, -0.15) is 0 Å². The smallest absolute Gasteiger partial charge is 0.303 e. The van der Waals surface area contributed by atoms with Crippen LogP contribution >= 0.6 is 27.5 Å². The number of carbonyl (C=O) groups excluding carboxylic acids is 1. The molecule has 1 N–H and O–H groups in total. The van der Waals surface area contributed by atoms with E-state index in [0.717, 1.165) is 0 Å². The number of hydrogen-bond donors (Lipinski definition) is 1. The minimum atomic E-state index is -0.826. The van der Waals surface area contributed by atoms with Crippen molar-refractivity contribution in [3.8, 4) is 0 Å². The van der Waals surface area contributed by atoms with Gasteiger partial charge in [0.05, 0.1) is 17.0 Å². The zero-order valence-electron chi connectivity index (χ0n) is 9.40. The quantitative estimate of drug-likeness (QED) is 0.926. The first-order valence-electron chi connectivity index (χ1n) is 5.44. The maximum Gasteiger partial charge on any atom is 0.303 e. The number of halogens is 2. The van der Waals surface area contributed by atoms with E-state index in [1.54, 1.807) is 23.1 Å². The molecule has 2 rings (SSSR count). The number of carboxylic acids is 1. The second kappa shape index (κ2) is 5.28. The fraction of sp³-hybridized carbons (Fsp3) is 0.333. The van der Waals surface area contributed by atoms with Crippen LogP contribution in [0, 0.1) is 5.92 Å². The van der Waals surface area contributed by atoms with E-state index in [0.29, 0.717) is 28.1 Å². The maximum absolute atomic E-state index is 12.1. The maximum atomic E-state index is 12.1. The molecule has 0 aliphatic carbocycles. The molecule has 1 heterocycles. The van der Waals surface area contributed by atoms with Crippen molar-refractivity contribution in [3.05, 3.63) is 33.3 Å². The topological polar surface area (TPSA) is 57.6 Å². The molecule has 0 saturated carbocycles. The van der Waals surface area contributed by atoms with Crippen molar-refractivity contribution in [1.29, 1.82) is 0 Å². The molecule has 0 atom stereocenters. The minimum Gasteiger partial charge on any atom is -0.481 e. The molecule has 0 bridgehead atoms. The van der Waals surface area contributed by atoms with Crippen LogP contribution in [0.2, 0.25) is 5.02 Å². The Kier molecular flexibility index (Phi) is 3.92. The molecule has 1 aromatic rings. The highest BCUT2D eigenvalue weighted by Gasteiger charge is 2.33. The number of carbonyl (C=O) groups is 2. The number of hydrogen-bond acceptors (Lipinski definition) is 2. The highest BCUT2D eigenvalue weighted by molar-refractivity contribution is 9.10. The van der Waals surface area contributed by atoms with Gasteiger partial charge in [-0.05, 0) is 28.1 Å². The zero-order valence-corrected chi connectivity index (χ0v) is 11.7. The monoisotopic (exact) mass is 331 g/mol. The van der Waals surface area contributed by atoms with Gasteiger partial charge in [-0.3, -0.25) is 9.59 Å². The Bertz CT molecular complexity index is 500. The first kappa shape index (κ1) is 13.4. The van der Waals surface area contributed by atoms with E-state index in [1.807, 2.05) is 0 Å². The predicted molar refractivity (Wildman–Crippen MR) is 70.8 cm³/mol. The molecular formula is C12H11BrClNO3. The van der Waals surface area contributed by atoms with Gasteiger partial charge in [-0.15, -0.1) is 0 Å². The molecule has 1 aliphatic heterocycles. The molecule has 1 aromatic carbocycles. The number of nitrogens with zero attached hydrogens (tertiary/aromatic N) is 1. The summed E-state index contributed by atoms with van der Waals surface area (Å²) >= 11 is 9.31. The van der Waals surface area contributed by atoms with Gasteiger partial charge in [0.25, 0.3) is 5.91 Å². The normalized spacial score (nSPS) is 15.3. The number of carboxylic acid groups (broad SMARTS) is 1. The van der Waals surface area contributed by atoms with Gasteiger partial charge in [0, 0.05) is 23.5 Å². The molecule has 0 spiro atoms. The van der Waals surface area contributed by atoms with Crippen LogP contribution in [0.1, 0.15) is 16.8 Å². The van der Waals surface area contributed by atoms with Crippen molar-refractivity contribution in [2.75, 3.05) is 13.1 Å². The summed E-state index contributed by atoms with van der Waals surface area (Å²) in [6.07, 6.45) is 0.107. The summed E-state index contributed by atoms with van der Waals surface area (Å²) in [4.78, 5) is 24.2. The Morgan fingerprint density at radius 3 is 2.72 bits per heavy atom. The first-order chi connectivity index (χ1) is 8.49. The van der Waals surface area contributed by atoms with E-state index < -0.39 is 5.97 Å². The Morgan fingerprint density at radius 2 is 2.11 bits per heavy atom. The van der Waals surface area contributed by atoms with E-state index in [-0.39, 0.29) is 18.2 Å². The Morgan fingerprint density at radius 1 is 1.44 bits per heavy atom. The molecule has 1 saturated heterocycles. The lowest BCUT2D eigenvalue weighted by atomic mass is 9.95. The molecular weight excluding hydrogens is 321 g/mol. The van der Waals surface area contributed by atoms with Crippen LogP contribution in [0.3, 0.4) is 0 Å². The van der Waals surface area contributed by atoms with Gasteiger partial charge in [0.15, 0.2) is 0 Å². The zero-order chi connectivity index (χ0) is 13.3. The molecule has 1 fully saturated rings. The van der Waals surface area contributed by atoms with Crippen molar-refractivity contribution >= 4 is 39.4 Å². The Balaban J connectivity index is 2.02. The number of benzene rings is 1. The summed E-state index contributed by atoms with van der Waals surface area (Å²) in [6.45, 7) is 0.960. The van der Waals surface area contributed by atoms with Crippen LogP contribution in [0.5, 0.6) is 0 Å². The molecule has 6 heteroatoms. The van der Waals surface area contributed by atoms with Crippen molar-refractivity contribution < 1.29 is 14.7 Å². The molecule has 0 radical (unpaired) electrons. The number of rotatable bonds is 3. The van der Waals surface area contributed by atoms with Crippen molar-refractivity contribution in [3.63, 3.8) is 0 Å². The van der Waals surface area contributed by atoms with Gasteiger partial charge < -0.3 is 10.0 Å². The van der Waals surface area contributed by atoms with Crippen LogP contribution in [0.15, 0.2) is 22.7 Å². The van der Waals surface area contributed by atoms with Crippen LogP contribution in [-0.2, 0) is 4.79 Å². The fourth-order valence-corrected chi connectivity index (χ4v) is 2.52. The molecule has 1 aliphatic rings. The Hall–Kier alpha value is -1.07. The van der Waals surface area contributed by atoms with Gasteiger partial charge in [0.2, 0.25) is 0 Å². The second-order valence-electron chi connectivity index (χ2n) is 4.28. The van der Waals surface area contributed by atoms with Gasteiger partial charge in [-0.25, -0.2) is 0 Å². The molecule has 96 valence electrons. The average molecular weight is 333 g/mol. The summed E-state index contributed by atoms with van der Waals surface area (Å²) in [7, 11) is 0. The molecule has 0 aromatic heterocycles. The standard InChI is InChI=1S/C12H11BrClNO3/c13-9-3-1-2-8(11(9)14)12(18)15-5-7(6-15)4-10(16)17/h1-3,7H,4-6H2,(H,16,17). The van der Waals surface area contributed by atoms with Crippen LogP contribution in [-0.4, -0.2) is 35.0 Å². The molecule has 1 amide bonds. The van der Waals surface area contributed by atoms with E-state index in [4.69, 9.17) is 16.7 Å². The van der Waals surface area contributed by atoms with Gasteiger partial charge >= 0.3 is 5.97 Å². The van der Waals surface area contributed by atoms with Gasteiger partial charge in [-0.1, -0.05) is 17.7 Å². The van der Waals surface area contributed by atoms with Crippen LogP contribution in [0.25, 0.3) is 0 Å². The SMILES string of the molecule is O=C(O)CC1CN(C(=O)c2cccc(Br)c2Cl)C1. The average Bonchev–Trinajstić information content (AvgIpc) is 2.25. The highest BCUT2D eigenvalue weighted by atomic mass is 79.9. The summed E-state index contributed by atoms with van der Waals surface area (Å²) in [6, 6.07) is 5.18. The minimum absolute atomic E-state index is 0.0531. The molecule has 0 unspecified atom stereocenters. The molecule has 4 nitrogen and oxygen atoms in total. The third-order valence-electron chi connectivity index (χ3n) is 2.89. The lowest BCUT2D eigenvalue weighted by molar-refractivity contribution is -0.139. The number of amides is 1. The van der Waals surface area contributed by atoms with Crippen molar-refractivity contribution in [2.24, 2.45) is 5.92 Å². The van der Waals surface area contributed by atoms with Crippen LogP contribution in [0.4, 0.5) is 0 Å². The fourth-order valence-electron chi connectivity index (χ4n) is 1.95. The second-order valence-corrected chi connectivity index (χ2v) is 5.51. The van der Waals surface area contributed by atoms with Gasteiger partial charge in [0.1, 0.15) is 0 Å². The summed E-state index contributed by atoms with van der Waals surface area (Å²) < 4.78 is 0.678. The largest absolute Gasteiger partial charge is 0.481 e. The van der Waals surface area contributed by atoms with E-state index in [2.05, 4.69) is 15.9 Å². The summed E-state index contributed by atoms with van der Waals surface area (Å²) in [5, 5.41) is 9.03. The lowest BCUT2D eigenvalue weighted by Crippen LogP contribution is -2.50. The Labute approximate surface area is 118 Å². The van der Waals surface area contributed by atoms with Crippen LogP contribution < -0.4 is 0 Å². The third kappa shape index (κ3) is 2.67. The molecule has 18 heavy (non-hydrogen) atoms. The predicted octanol–water partition coefficient (Wildman–Crippen LogP) is 2.65. The third-order valence-corrected chi connectivity index (χ3v) is 4.19. The summed E-state index contributed by atoms with van der Waals surface area (Å²) in [5.41, 5.74) is 0.444.